The zero-order chi connectivity index (χ0) is 9.84. The van der Waals surface area contributed by atoms with E-state index in [9.17, 15) is 4.79 Å². The molecule has 0 spiro atoms. The van der Waals surface area contributed by atoms with Crippen molar-refractivity contribution in [3.8, 4) is 0 Å². The highest BCUT2D eigenvalue weighted by molar-refractivity contribution is 5.86. The molecule has 0 saturated carbocycles. The molecule has 3 heteroatoms. The molecule has 0 aromatic rings. The van der Waals surface area contributed by atoms with E-state index >= 15 is 0 Å². The third-order valence-electron chi connectivity index (χ3n) is 2.35. The zero-order valence-corrected chi connectivity index (χ0v) is 7.95. The molecule has 3 nitrogen and oxygen atoms in total. The predicted octanol–water partition coefficient (Wildman–Crippen LogP) is 1.83. The standard InChI is InChI=1S/C10H16O3/c1-3-4-8(5-9-6-13-9)7(2)10(11)12/h8-9H,2-6H2,1H3,(H,11,12). The first-order chi connectivity index (χ1) is 6.15. The Hall–Kier alpha value is -0.830. The summed E-state index contributed by atoms with van der Waals surface area (Å²) in [5.41, 5.74) is 0.331. The Balaban J connectivity index is 2.43. The van der Waals surface area contributed by atoms with Gasteiger partial charge < -0.3 is 9.84 Å². The molecule has 1 fully saturated rings. The molecule has 0 aromatic heterocycles. The van der Waals surface area contributed by atoms with Crippen LogP contribution >= 0.6 is 0 Å². The van der Waals surface area contributed by atoms with E-state index in [0.29, 0.717) is 5.57 Å². The second-order valence-corrected chi connectivity index (χ2v) is 3.51. The molecule has 2 unspecified atom stereocenters. The summed E-state index contributed by atoms with van der Waals surface area (Å²) in [6.45, 7) is 6.44. The van der Waals surface area contributed by atoms with Gasteiger partial charge in [-0.05, 0) is 18.8 Å². The van der Waals surface area contributed by atoms with Crippen LogP contribution in [0.4, 0.5) is 0 Å². The quantitative estimate of drug-likeness (QED) is 0.506. The van der Waals surface area contributed by atoms with Crippen molar-refractivity contribution in [1.82, 2.24) is 0 Å². The fraction of sp³-hybridized carbons (Fsp3) is 0.700. The maximum Gasteiger partial charge on any atom is 0.331 e. The van der Waals surface area contributed by atoms with E-state index in [0.717, 1.165) is 25.9 Å². The Labute approximate surface area is 78.4 Å². The normalized spacial score (nSPS) is 22.4. The second-order valence-electron chi connectivity index (χ2n) is 3.51. The van der Waals surface area contributed by atoms with Crippen LogP contribution in [0.15, 0.2) is 12.2 Å². The molecule has 1 rings (SSSR count). The van der Waals surface area contributed by atoms with E-state index in [1.807, 2.05) is 0 Å². The number of hydrogen-bond donors (Lipinski definition) is 1. The van der Waals surface area contributed by atoms with Crippen LogP contribution in [-0.4, -0.2) is 23.8 Å². The molecule has 2 atom stereocenters. The topological polar surface area (TPSA) is 49.8 Å². The van der Waals surface area contributed by atoms with Crippen LogP contribution < -0.4 is 0 Å². The molecule has 1 N–H and O–H groups in total. The summed E-state index contributed by atoms with van der Waals surface area (Å²) in [6.07, 6.45) is 2.99. The van der Waals surface area contributed by atoms with Gasteiger partial charge in [-0.1, -0.05) is 19.9 Å². The minimum absolute atomic E-state index is 0.0926. The lowest BCUT2D eigenvalue weighted by molar-refractivity contribution is -0.133. The van der Waals surface area contributed by atoms with Gasteiger partial charge in [-0.3, -0.25) is 0 Å². The Bertz CT molecular complexity index is 206. The largest absolute Gasteiger partial charge is 0.478 e. The monoisotopic (exact) mass is 184 g/mol. The Morgan fingerprint density at radius 2 is 2.38 bits per heavy atom. The lowest BCUT2D eigenvalue weighted by Crippen LogP contribution is -2.13. The SMILES string of the molecule is C=C(C(=O)O)C(CCC)CC1CO1. The van der Waals surface area contributed by atoms with E-state index in [4.69, 9.17) is 9.84 Å². The van der Waals surface area contributed by atoms with Crippen molar-refractivity contribution >= 4 is 5.97 Å². The van der Waals surface area contributed by atoms with Crippen LogP contribution in [0, 0.1) is 5.92 Å². The minimum atomic E-state index is -0.876. The fourth-order valence-corrected chi connectivity index (χ4v) is 1.48. The van der Waals surface area contributed by atoms with Crippen molar-refractivity contribution < 1.29 is 14.6 Å². The van der Waals surface area contributed by atoms with Crippen molar-refractivity contribution in [2.24, 2.45) is 5.92 Å². The highest BCUT2D eigenvalue weighted by Gasteiger charge is 2.29. The first-order valence-corrected chi connectivity index (χ1v) is 4.68. The van der Waals surface area contributed by atoms with Gasteiger partial charge in [-0.15, -0.1) is 0 Å². The van der Waals surface area contributed by atoms with Gasteiger partial charge in [0, 0.05) is 5.57 Å². The Morgan fingerprint density at radius 1 is 1.77 bits per heavy atom. The van der Waals surface area contributed by atoms with Crippen molar-refractivity contribution in [2.75, 3.05) is 6.61 Å². The van der Waals surface area contributed by atoms with Gasteiger partial charge in [0.05, 0.1) is 12.7 Å². The molecular weight excluding hydrogens is 168 g/mol. The number of epoxide rings is 1. The van der Waals surface area contributed by atoms with Crippen molar-refractivity contribution in [3.05, 3.63) is 12.2 Å². The number of ether oxygens (including phenoxy) is 1. The highest BCUT2D eigenvalue weighted by Crippen LogP contribution is 2.27. The van der Waals surface area contributed by atoms with E-state index in [1.54, 1.807) is 0 Å². The summed E-state index contributed by atoms with van der Waals surface area (Å²) in [6, 6.07) is 0. The summed E-state index contributed by atoms with van der Waals surface area (Å²) >= 11 is 0. The van der Waals surface area contributed by atoms with E-state index < -0.39 is 5.97 Å². The maximum absolute atomic E-state index is 10.7. The second kappa shape index (κ2) is 4.42. The number of aliphatic carboxylic acids is 1. The van der Waals surface area contributed by atoms with Gasteiger partial charge in [-0.2, -0.15) is 0 Å². The number of hydrogen-bond acceptors (Lipinski definition) is 2. The van der Waals surface area contributed by atoms with E-state index in [1.165, 1.54) is 0 Å². The Kier molecular flexibility index (Phi) is 3.48. The fourth-order valence-electron chi connectivity index (χ4n) is 1.48. The molecule has 1 heterocycles. The van der Waals surface area contributed by atoms with Gasteiger partial charge >= 0.3 is 5.97 Å². The van der Waals surface area contributed by atoms with Crippen LogP contribution in [0.2, 0.25) is 0 Å². The zero-order valence-electron chi connectivity index (χ0n) is 7.95. The lowest BCUT2D eigenvalue weighted by atomic mass is 9.91. The number of carboxylic acids is 1. The first-order valence-electron chi connectivity index (χ1n) is 4.68. The molecule has 0 radical (unpaired) electrons. The molecule has 1 saturated heterocycles. The van der Waals surface area contributed by atoms with Gasteiger partial charge in [-0.25, -0.2) is 4.79 Å². The average Bonchev–Trinajstić information content (AvgIpc) is 2.86. The van der Waals surface area contributed by atoms with Crippen LogP contribution in [0.1, 0.15) is 26.2 Å². The minimum Gasteiger partial charge on any atom is -0.478 e. The third kappa shape index (κ3) is 3.19. The van der Waals surface area contributed by atoms with Crippen molar-refractivity contribution in [1.29, 1.82) is 0 Å². The molecule has 0 amide bonds. The van der Waals surface area contributed by atoms with Crippen molar-refractivity contribution in [3.63, 3.8) is 0 Å². The summed E-state index contributed by atoms with van der Waals surface area (Å²) in [5.74, 6) is -0.783. The molecule has 1 aliphatic heterocycles. The van der Waals surface area contributed by atoms with Gasteiger partial charge in [0.15, 0.2) is 0 Å². The lowest BCUT2D eigenvalue weighted by Gasteiger charge is -2.14. The number of rotatable bonds is 6. The van der Waals surface area contributed by atoms with Gasteiger partial charge in [0.25, 0.3) is 0 Å². The summed E-state index contributed by atoms with van der Waals surface area (Å²) in [4.78, 5) is 10.7. The number of carboxylic acid groups (broad SMARTS) is 1. The summed E-state index contributed by atoms with van der Waals surface area (Å²) < 4.78 is 5.08. The average molecular weight is 184 g/mol. The Morgan fingerprint density at radius 3 is 2.77 bits per heavy atom. The van der Waals surface area contributed by atoms with Crippen LogP contribution in [0.25, 0.3) is 0 Å². The molecule has 13 heavy (non-hydrogen) atoms. The number of carbonyl (C=O) groups is 1. The molecule has 0 aliphatic carbocycles. The molecule has 0 bridgehead atoms. The van der Waals surface area contributed by atoms with E-state index in [-0.39, 0.29) is 12.0 Å². The smallest absolute Gasteiger partial charge is 0.331 e. The van der Waals surface area contributed by atoms with Crippen LogP contribution in [0.3, 0.4) is 0 Å². The maximum atomic E-state index is 10.7. The van der Waals surface area contributed by atoms with Crippen LogP contribution in [0.5, 0.6) is 0 Å². The van der Waals surface area contributed by atoms with E-state index in [2.05, 4.69) is 13.5 Å². The predicted molar refractivity (Wildman–Crippen MR) is 49.5 cm³/mol. The highest BCUT2D eigenvalue weighted by atomic mass is 16.6. The first kappa shape index (κ1) is 10.3. The summed E-state index contributed by atoms with van der Waals surface area (Å²) in [7, 11) is 0. The molecular formula is C10H16O3. The third-order valence-corrected chi connectivity index (χ3v) is 2.35. The molecule has 74 valence electrons. The van der Waals surface area contributed by atoms with Crippen LogP contribution in [-0.2, 0) is 9.53 Å². The van der Waals surface area contributed by atoms with Crippen molar-refractivity contribution in [2.45, 2.75) is 32.3 Å². The van der Waals surface area contributed by atoms with Gasteiger partial charge in [0.2, 0.25) is 0 Å². The molecule has 1 aliphatic rings. The van der Waals surface area contributed by atoms with Gasteiger partial charge in [0.1, 0.15) is 0 Å². The molecule has 0 aromatic carbocycles. The summed E-state index contributed by atoms with van der Waals surface area (Å²) in [5, 5.41) is 8.77.